The zero-order valence-corrected chi connectivity index (χ0v) is 11.1. The van der Waals surface area contributed by atoms with Crippen LogP contribution in [0.4, 0.5) is 0 Å². The molecule has 0 spiro atoms. The Kier molecular flexibility index (Phi) is 3.51. The van der Waals surface area contributed by atoms with E-state index in [1.807, 2.05) is 26.0 Å². The average Bonchev–Trinajstić information content (AvgIpc) is 2.37. The molecule has 0 saturated carbocycles. The van der Waals surface area contributed by atoms with Crippen LogP contribution in [0, 0.1) is 13.8 Å². The lowest BCUT2D eigenvalue weighted by atomic mass is 9.96. The number of hydrogen-bond donors (Lipinski definition) is 1. The normalized spacial score (nSPS) is 10.3. The Bertz CT molecular complexity index is 635. The van der Waals surface area contributed by atoms with E-state index in [1.54, 1.807) is 19.2 Å². The summed E-state index contributed by atoms with van der Waals surface area (Å²) in [7, 11) is 1.58. The number of methoxy groups -OCH3 is 1. The highest BCUT2D eigenvalue weighted by Gasteiger charge is 2.18. The molecule has 0 aliphatic carbocycles. The number of ether oxygens (including phenoxy) is 1. The van der Waals surface area contributed by atoms with Gasteiger partial charge in [-0.1, -0.05) is 12.1 Å². The van der Waals surface area contributed by atoms with Crippen LogP contribution in [-0.2, 0) is 0 Å². The minimum absolute atomic E-state index is 0.0350. The van der Waals surface area contributed by atoms with Gasteiger partial charge in [-0.05, 0) is 37.1 Å². The fraction of sp³-hybridized carbons (Fsp3) is 0.200. The number of rotatable bonds is 3. The van der Waals surface area contributed by atoms with Crippen LogP contribution in [0.5, 0.6) is 5.75 Å². The molecule has 0 unspecified atom stereocenters. The molecule has 2 rings (SSSR count). The molecular weight excluding hydrogens is 242 g/mol. The summed E-state index contributed by atoms with van der Waals surface area (Å²) in [5, 5.41) is 9.23. The van der Waals surface area contributed by atoms with E-state index in [0.717, 1.165) is 16.7 Å². The van der Waals surface area contributed by atoms with Crippen molar-refractivity contribution >= 4 is 5.97 Å². The van der Waals surface area contributed by atoms with Crippen molar-refractivity contribution in [1.29, 1.82) is 0 Å². The molecule has 0 radical (unpaired) electrons. The Hall–Kier alpha value is -2.36. The van der Waals surface area contributed by atoms with Gasteiger partial charge in [-0.25, -0.2) is 9.78 Å². The SMILES string of the molecule is COc1cc(C)cc(C)c1-c1cccnc1C(=O)O. The molecule has 0 fully saturated rings. The first-order valence-corrected chi connectivity index (χ1v) is 5.88. The van der Waals surface area contributed by atoms with Gasteiger partial charge in [0.15, 0.2) is 5.69 Å². The minimum Gasteiger partial charge on any atom is -0.496 e. The van der Waals surface area contributed by atoms with E-state index in [-0.39, 0.29) is 5.69 Å². The topological polar surface area (TPSA) is 59.4 Å². The number of aryl methyl sites for hydroxylation is 2. The first kappa shape index (κ1) is 13.1. The Morgan fingerprint density at radius 2 is 2.05 bits per heavy atom. The zero-order chi connectivity index (χ0) is 14.0. The molecule has 0 aliphatic rings. The van der Waals surface area contributed by atoms with Crippen molar-refractivity contribution in [3.05, 3.63) is 47.3 Å². The molecule has 4 heteroatoms. The van der Waals surface area contributed by atoms with Crippen molar-refractivity contribution in [3.63, 3.8) is 0 Å². The second-order valence-corrected chi connectivity index (χ2v) is 4.36. The van der Waals surface area contributed by atoms with E-state index in [1.165, 1.54) is 6.20 Å². The van der Waals surface area contributed by atoms with Crippen LogP contribution in [0.1, 0.15) is 21.6 Å². The van der Waals surface area contributed by atoms with Crippen LogP contribution in [0.2, 0.25) is 0 Å². The molecule has 0 saturated heterocycles. The van der Waals surface area contributed by atoms with Crippen LogP contribution in [-0.4, -0.2) is 23.2 Å². The summed E-state index contributed by atoms with van der Waals surface area (Å²) in [6.45, 7) is 3.91. The second kappa shape index (κ2) is 5.10. The molecular formula is C15H15NO3. The molecule has 19 heavy (non-hydrogen) atoms. The van der Waals surface area contributed by atoms with Crippen molar-refractivity contribution in [3.8, 4) is 16.9 Å². The monoisotopic (exact) mass is 257 g/mol. The molecule has 98 valence electrons. The lowest BCUT2D eigenvalue weighted by molar-refractivity contribution is 0.0691. The molecule has 1 aromatic heterocycles. The van der Waals surface area contributed by atoms with Gasteiger partial charge in [0, 0.05) is 17.3 Å². The Balaban J connectivity index is 2.75. The van der Waals surface area contributed by atoms with Gasteiger partial charge in [0.1, 0.15) is 5.75 Å². The largest absolute Gasteiger partial charge is 0.496 e. The summed E-state index contributed by atoms with van der Waals surface area (Å²) in [5.74, 6) is -0.384. The number of aromatic nitrogens is 1. The van der Waals surface area contributed by atoms with Gasteiger partial charge in [0.2, 0.25) is 0 Å². The van der Waals surface area contributed by atoms with Crippen molar-refractivity contribution in [1.82, 2.24) is 4.98 Å². The van der Waals surface area contributed by atoms with E-state index in [0.29, 0.717) is 11.3 Å². The van der Waals surface area contributed by atoms with Crippen LogP contribution >= 0.6 is 0 Å². The highest BCUT2D eigenvalue weighted by Crippen LogP contribution is 2.35. The fourth-order valence-corrected chi connectivity index (χ4v) is 2.21. The van der Waals surface area contributed by atoms with Crippen molar-refractivity contribution in [2.45, 2.75) is 13.8 Å². The van der Waals surface area contributed by atoms with Crippen LogP contribution < -0.4 is 4.74 Å². The van der Waals surface area contributed by atoms with Gasteiger partial charge in [-0.2, -0.15) is 0 Å². The number of carboxylic acids is 1. The molecule has 0 bridgehead atoms. The first-order valence-electron chi connectivity index (χ1n) is 5.88. The lowest BCUT2D eigenvalue weighted by Crippen LogP contribution is -2.04. The van der Waals surface area contributed by atoms with E-state index in [9.17, 15) is 9.90 Å². The third-order valence-corrected chi connectivity index (χ3v) is 2.94. The molecule has 1 heterocycles. The van der Waals surface area contributed by atoms with E-state index in [4.69, 9.17) is 4.74 Å². The lowest BCUT2D eigenvalue weighted by Gasteiger charge is -2.14. The van der Waals surface area contributed by atoms with Crippen molar-refractivity contribution < 1.29 is 14.6 Å². The minimum atomic E-state index is -1.04. The maximum atomic E-state index is 11.3. The molecule has 1 N–H and O–H groups in total. The average molecular weight is 257 g/mol. The number of aromatic carboxylic acids is 1. The van der Waals surface area contributed by atoms with Gasteiger partial charge in [-0.3, -0.25) is 0 Å². The van der Waals surface area contributed by atoms with Gasteiger partial charge < -0.3 is 9.84 Å². The van der Waals surface area contributed by atoms with Crippen LogP contribution in [0.3, 0.4) is 0 Å². The van der Waals surface area contributed by atoms with E-state index >= 15 is 0 Å². The summed E-state index contributed by atoms with van der Waals surface area (Å²) in [6.07, 6.45) is 1.48. The maximum Gasteiger partial charge on any atom is 0.355 e. The number of nitrogens with zero attached hydrogens (tertiary/aromatic N) is 1. The predicted molar refractivity (Wildman–Crippen MR) is 72.7 cm³/mol. The van der Waals surface area contributed by atoms with Crippen molar-refractivity contribution in [2.24, 2.45) is 0 Å². The van der Waals surface area contributed by atoms with Gasteiger partial charge >= 0.3 is 5.97 Å². The van der Waals surface area contributed by atoms with E-state index in [2.05, 4.69) is 4.98 Å². The zero-order valence-electron chi connectivity index (χ0n) is 11.1. The van der Waals surface area contributed by atoms with Crippen LogP contribution in [0.25, 0.3) is 11.1 Å². The summed E-state index contributed by atoms with van der Waals surface area (Å²) < 4.78 is 5.38. The Labute approximate surface area is 111 Å². The molecule has 0 aliphatic heterocycles. The highest BCUT2D eigenvalue weighted by molar-refractivity contribution is 5.95. The maximum absolute atomic E-state index is 11.3. The van der Waals surface area contributed by atoms with Gasteiger partial charge in [0.25, 0.3) is 0 Å². The Morgan fingerprint density at radius 1 is 1.32 bits per heavy atom. The molecule has 2 aromatic rings. The first-order chi connectivity index (χ1) is 9.04. The summed E-state index contributed by atoms with van der Waals surface area (Å²) in [6, 6.07) is 7.36. The number of carboxylic acid groups (broad SMARTS) is 1. The quantitative estimate of drug-likeness (QED) is 0.918. The standard InChI is InChI=1S/C15H15NO3/c1-9-7-10(2)13(12(8-9)19-3)11-5-4-6-16-14(11)15(17)18/h4-8H,1-3H3,(H,17,18). The molecule has 4 nitrogen and oxygen atoms in total. The summed E-state index contributed by atoms with van der Waals surface area (Å²) in [5.41, 5.74) is 3.42. The smallest absolute Gasteiger partial charge is 0.355 e. The summed E-state index contributed by atoms with van der Waals surface area (Å²) >= 11 is 0. The molecule has 0 amide bonds. The van der Waals surface area contributed by atoms with E-state index < -0.39 is 5.97 Å². The van der Waals surface area contributed by atoms with Crippen molar-refractivity contribution in [2.75, 3.05) is 7.11 Å². The summed E-state index contributed by atoms with van der Waals surface area (Å²) in [4.78, 5) is 15.2. The third-order valence-electron chi connectivity index (χ3n) is 2.94. The number of hydrogen-bond acceptors (Lipinski definition) is 3. The second-order valence-electron chi connectivity index (χ2n) is 4.36. The highest BCUT2D eigenvalue weighted by atomic mass is 16.5. The van der Waals surface area contributed by atoms with Crippen LogP contribution in [0.15, 0.2) is 30.5 Å². The number of carbonyl (C=O) groups is 1. The van der Waals surface area contributed by atoms with Gasteiger partial charge in [0.05, 0.1) is 7.11 Å². The predicted octanol–water partition coefficient (Wildman–Crippen LogP) is 3.07. The fourth-order valence-electron chi connectivity index (χ4n) is 2.21. The molecule has 0 atom stereocenters. The van der Waals surface area contributed by atoms with Gasteiger partial charge in [-0.15, -0.1) is 0 Å². The number of benzene rings is 1. The number of pyridine rings is 1. The third kappa shape index (κ3) is 2.42. The Morgan fingerprint density at radius 3 is 2.68 bits per heavy atom. The molecule has 1 aromatic carbocycles.